The molecule has 1 amide bonds. The van der Waals surface area contributed by atoms with E-state index in [1.54, 1.807) is 13.0 Å². The highest BCUT2D eigenvalue weighted by Gasteiger charge is 2.18. The highest BCUT2D eigenvalue weighted by Crippen LogP contribution is 2.36. The molecule has 7 heteroatoms. The van der Waals surface area contributed by atoms with Crippen LogP contribution in [0.15, 0.2) is 48.5 Å². The molecule has 28 heavy (non-hydrogen) atoms. The summed E-state index contributed by atoms with van der Waals surface area (Å²) in [5, 5.41) is 3.31. The number of hydrogen-bond acceptors (Lipinski definition) is 6. The number of ether oxygens (including phenoxy) is 3. The van der Waals surface area contributed by atoms with Gasteiger partial charge in [-0.25, -0.2) is 4.98 Å². The monoisotopic (exact) mass is 378 g/mol. The van der Waals surface area contributed by atoms with Gasteiger partial charge in [0.25, 0.3) is 5.91 Å². The molecule has 0 unspecified atom stereocenters. The van der Waals surface area contributed by atoms with Gasteiger partial charge in [0.2, 0.25) is 6.79 Å². The molecule has 0 atom stereocenters. The molecule has 0 fully saturated rings. The van der Waals surface area contributed by atoms with Gasteiger partial charge in [-0.15, -0.1) is 0 Å². The van der Waals surface area contributed by atoms with Gasteiger partial charge in [-0.05, 0) is 37.3 Å². The number of esters is 1. The zero-order chi connectivity index (χ0) is 19.5. The number of carbonyl (C=O) groups is 2. The number of hydrogen-bond donors (Lipinski definition) is 1. The van der Waals surface area contributed by atoms with Gasteiger partial charge in [0.15, 0.2) is 11.5 Å². The van der Waals surface area contributed by atoms with E-state index in [0.29, 0.717) is 33.7 Å². The molecular weight excluding hydrogens is 360 g/mol. The van der Waals surface area contributed by atoms with Crippen LogP contribution < -0.4 is 14.8 Å². The van der Waals surface area contributed by atoms with Crippen LogP contribution in [-0.2, 0) is 9.53 Å². The summed E-state index contributed by atoms with van der Waals surface area (Å²) in [7, 11) is 0. The van der Waals surface area contributed by atoms with Crippen molar-refractivity contribution in [2.24, 2.45) is 0 Å². The van der Waals surface area contributed by atoms with Crippen molar-refractivity contribution >= 4 is 22.8 Å². The predicted octanol–water partition coefficient (Wildman–Crippen LogP) is 2.92. The molecule has 3 aromatic rings. The number of aromatic nitrogens is 1. The molecule has 1 aliphatic heterocycles. The van der Waals surface area contributed by atoms with Crippen LogP contribution >= 0.6 is 0 Å². The van der Waals surface area contributed by atoms with Crippen molar-refractivity contribution in [3.05, 3.63) is 54.1 Å². The van der Waals surface area contributed by atoms with E-state index in [4.69, 9.17) is 14.2 Å². The minimum absolute atomic E-state index is 0.186. The number of pyridine rings is 1. The first kappa shape index (κ1) is 17.8. The van der Waals surface area contributed by atoms with Crippen molar-refractivity contribution in [1.82, 2.24) is 10.3 Å². The van der Waals surface area contributed by atoms with Crippen molar-refractivity contribution in [3.8, 4) is 22.8 Å². The van der Waals surface area contributed by atoms with E-state index in [0.717, 1.165) is 5.56 Å². The second kappa shape index (κ2) is 7.56. The first-order valence-corrected chi connectivity index (χ1v) is 8.89. The quantitative estimate of drug-likeness (QED) is 0.687. The van der Waals surface area contributed by atoms with Crippen LogP contribution in [-0.4, -0.2) is 36.8 Å². The molecule has 2 heterocycles. The lowest BCUT2D eigenvalue weighted by molar-refractivity contribution is -0.141. The molecule has 1 aromatic heterocycles. The van der Waals surface area contributed by atoms with E-state index in [2.05, 4.69) is 10.3 Å². The Balaban J connectivity index is 1.71. The molecule has 0 saturated carbocycles. The summed E-state index contributed by atoms with van der Waals surface area (Å²) in [5.74, 6) is 0.469. The van der Waals surface area contributed by atoms with Crippen LogP contribution in [0.1, 0.15) is 17.3 Å². The van der Waals surface area contributed by atoms with Gasteiger partial charge in [-0.1, -0.05) is 18.2 Å². The zero-order valence-corrected chi connectivity index (χ0v) is 15.2. The van der Waals surface area contributed by atoms with Crippen LogP contribution in [0.2, 0.25) is 0 Å². The van der Waals surface area contributed by atoms with E-state index in [-0.39, 0.29) is 25.9 Å². The Hall–Kier alpha value is -3.61. The van der Waals surface area contributed by atoms with Crippen LogP contribution in [0.3, 0.4) is 0 Å². The lowest BCUT2D eigenvalue weighted by Gasteiger charge is -2.11. The van der Waals surface area contributed by atoms with Gasteiger partial charge in [0.1, 0.15) is 6.54 Å². The average molecular weight is 378 g/mol. The number of amides is 1. The standard InChI is InChI=1S/C21H18N2O5/c1-2-26-20(24)11-22-21(25)15-10-17(23-16-6-4-3-5-14(15)16)13-7-8-18-19(9-13)28-12-27-18/h3-10H,2,11-12H2,1H3,(H,22,25). The molecule has 1 aliphatic rings. The maximum atomic E-state index is 12.7. The first-order valence-electron chi connectivity index (χ1n) is 8.89. The van der Waals surface area contributed by atoms with Gasteiger partial charge >= 0.3 is 5.97 Å². The van der Waals surface area contributed by atoms with Crippen molar-refractivity contribution < 1.29 is 23.8 Å². The summed E-state index contributed by atoms with van der Waals surface area (Å²) in [6.07, 6.45) is 0. The third kappa shape index (κ3) is 3.46. The molecule has 0 radical (unpaired) electrons. The number of nitrogens with one attached hydrogen (secondary N) is 1. The SMILES string of the molecule is CCOC(=O)CNC(=O)c1cc(-c2ccc3c(c2)OCO3)nc2ccccc12. The van der Waals surface area contributed by atoms with E-state index < -0.39 is 5.97 Å². The predicted molar refractivity (Wildman–Crippen MR) is 102 cm³/mol. The Bertz CT molecular complexity index is 1060. The van der Waals surface area contributed by atoms with Crippen LogP contribution in [0.5, 0.6) is 11.5 Å². The number of nitrogens with zero attached hydrogens (tertiary/aromatic N) is 1. The van der Waals surface area contributed by atoms with Crippen molar-refractivity contribution in [2.75, 3.05) is 19.9 Å². The topological polar surface area (TPSA) is 86.8 Å². The smallest absolute Gasteiger partial charge is 0.325 e. The van der Waals surface area contributed by atoms with Gasteiger partial charge in [0.05, 0.1) is 23.4 Å². The van der Waals surface area contributed by atoms with Gasteiger partial charge in [-0.2, -0.15) is 0 Å². The molecule has 0 aliphatic carbocycles. The number of carbonyl (C=O) groups excluding carboxylic acids is 2. The Morgan fingerprint density at radius 2 is 1.93 bits per heavy atom. The molecular formula is C21H18N2O5. The summed E-state index contributed by atoms with van der Waals surface area (Å²) < 4.78 is 15.6. The number of para-hydroxylation sites is 1. The van der Waals surface area contributed by atoms with Gasteiger partial charge < -0.3 is 19.5 Å². The third-order valence-corrected chi connectivity index (χ3v) is 4.33. The van der Waals surface area contributed by atoms with Crippen molar-refractivity contribution in [2.45, 2.75) is 6.92 Å². The third-order valence-electron chi connectivity index (χ3n) is 4.33. The Kier molecular flexibility index (Phi) is 4.80. The zero-order valence-electron chi connectivity index (χ0n) is 15.2. The van der Waals surface area contributed by atoms with Gasteiger partial charge in [0, 0.05) is 10.9 Å². The van der Waals surface area contributed by atoms with Crippen LogP contribution in [0.25, 0.3) is 22.2 Å². The Labute approximate surface area is 161 Å². The lowest BCUT2D eigenvalue weighted by Crippen LogP contribution is -2.30. The maximum Gasteiger partial charge on any atom is 0.325 e. The normalized spacial score (nSPS) is 12.0. The fraction of sp³-hybridized carbons (Fsp3) is 0.190. The van der Waals surface area contributed by atoms with Crippen molar-refractivity contribution in [1.29, 1.82) is 0 Å². The summed E-state index contributed by atoms with van der Waals surface area (Å²) in [6, 6.07) is 14.6. The molecule has 2 aromatic carbocycles. The molecule has 0 saturated heterocycles. The summed E-state index contributed by atoms with van der Waals surface area (Å²) in [4.78, 5) is 29.0. The molecule has 0 spiro atoms. The highest BCUT2D eigenvalue weighted by molar-refractivity contribution is 6.07. The summed E-state index contributed by atoms with van der Waals surface area (Å²) in [6.45, 7) is 1.98. The second-order valence-electron chi connectivity index (χ2n) is 6.13. The molecule has 7 nitrogen and oxygen atoms in total. The van der Waals surface area contributed by atoms with Crippen molar-refractivity contribution in [3.63, 3.8) is 0 Å². The maximum absolute atomic E-state index is 12.7. The summed E-state index contributed by atoms with van der Waals surface area (Å²) in [5.41, 5.74) is 2.54. The first-order chi connectivity index (χ1) is 13.7. The molecule has 0 bridgehead atoms. The Morgan fingerprint density at radius 3 is 2.79 bits per heavy atom. The van der Waals surface area contributed by atoms with E-state index >= 15 is 0 Å². The molecule has 142 valence electrons. The fourth-order valence-corrected chi connectivity index (χ4v) is 3.03. The minimum atomic E-state index is -0.481. The molecule has 4 rings (SSSR count). The second-order valence-corrected chi connectivity index (χ2v) is 6.13. The lowest BCUT2D eigenvalue weighted by atomic mass is 10.0. The van der Waals surface area contributed by atoms with Crippen LogP contribution in [0, 0.1) is 0 Å². The fourth-order valence-electron chi connectivity index (χ4n) is 3.03. The Morgan fingerprint density at radius 1 is 1.11 bits per heavy atom. The number of fused-ring (bicyclic) bond motifs is 2. The van der Waals surface area contributed by atoms with E-state index in [9.17, 15) is 9.59 Å². The van der Waals surface area contributed by atoms with Crippen LogP contribution in [0.4, 0.5) is 0 Å². The molecule has 1 N–H and O–H groups in total. The number of benzene rings is 2. The number of rotatable bonds is 5. The summed E-state index contributed by atoms with van der Waals surface area (Å²) >= 11 is 0. The largest absolute Gasteiger partial charge is 0.465 e. The van der Waals surface area contributed by atoms with E-state index in [1.807, 2.05) is 42.5 Å². The highest BCUT2D eigenvalue weighted by atomic mass is 16.7. The minimum Gasteiger partial charge on any atom is -0.465 e. The van der Waals surface area contributed by atoms with E-state index in [1.165, 1.54) is 0 Å². The average Bonchev–Trinajstić information content (AvgIpc) is 3.19. The van der Waals surface area contributed by atoms with Gasteiger partial charge in [-0.3, -0.25) is 9.59 Å².